The Balaban J connectivity index is 1.75. The Kier molecular flexibility index (Phi) is 5.64. The smallest absolute Gasteiger partial charge is 0.326 e. The van der Waals surface area contributed by atoms with Crippen LogP contribution in [0.1, 0.15) is 10.4 Å². The van der Waals surface area contributed by atoms with Crippen LogP contribution >= 0.6 is 0 Å². The van der Waals surface area contributed by atoms with Crippen LogP contribution in [0.5, 0.6) is 5.75 Å². The summed E-state index contributed by atoms with van der Waals surface area (Å²) in [7, 11) is 1.50. The first-order chi connectivity index (χ1) is 13.5. The lowest BCUT2D eigenvalue weighted by atomic mass is 10.0. The Morgan fingerprint density at radius 2 is 1.57 bits per heavy atom. The van der Waals surface area contributed by atoms with Crippen molar-refractivity contribution in [1.29, 1.82) is 0 Å². The second-order valence-electron chi connectivity index (χ2n) is 5.79. The molecule has 142 valence electrons. The molecule has 0 unspecified atom stereocenters. The molecule has 0 heterocycles. The van der Waals surface area contributed by atoms with Crippen molar-refractivity contribution in [2.75, 3.05) is 12.4 Å². The van der Waals surface area contributed by atoms with E-state index in [9.17, 15) is 18.4 Å². The fourth-order valence-electron chi connectivity index (χ4n) is 2.67. The first kappa shape index (κ1) is 19.0. The molecule has 3 amide bonds. The molecule has 3 rings (SSSR count). The third-order valence-electron chi connectivity index (χ3n) is 3.96. The summed E-state index contributed by atoms with van der Waals surface area (Å²) in [6, 6.07) is 16.5. The monoisotopic (exact) mass is 382 g/mol. The number of halogens is 2. The highest BCUT2D eigenvalue weighted by atomic mass is 19.1. The minimum Gasteiger partial charge on any atom is -0.496 e. The molecular weight excluding hydrogens is 366 g/mol. The van der Waals surface area contributed by atoms with E-state index < -0.39 is 29.1 Å². The number of hydrogen-bond acceptors (Lipinski definition) is 3. The van der Waals surface area contributed by atoms with E-state index in [1.54, 1.807) is 18.2 Å². The highest BCUT2D eigenvalue weighted by Crippen LogP contribution is 2.32. The van der Waals surface area contributed by atoms with E-state index in [1.165, 1.54) is 7.11 Å². The minimum atomic E-state index is -1.18. The number of anilines is 1. The highest BCUT2D eigenvalue weighted by molar-refractivity contribution is 6.08. The fraction of sp³-hybridized carbons (Fsp3) is 0.0476. The molecule has 2 N–H and O–H groups in total. The fourth-order valence-corrected chi connectivity index (χ4v) is 2.67. The number of ether oxygens (including phenoxy) is 1. The van der Waals surface area contributed by atoms with E-state index in [1.807, 2.05) is 35.6 Å². The van der Waals surface area contributed by atoms with Crippen molar-refractivity contribution in [1.82, 2.24) is 5.32 Å². The van der Waals surface area contributed by atoms with Gasteiger partial charge in [0.25, 0.3) is 5.91 Å². The Morgan fingerprint density at radius 3 is 2.21 bits per heavy atom. The quantitative estimate of drug-likeness (QED) is 0.693. The normalized spacial score (nSPS) is 10.2. The number of rotatable bonds is 4. The number of methoxy groups -OCH3 is 1. The van der Waals surface area contributed by atoms with Gasteiger partial charge in [-0.3, -0.25) is 10.1 Å². The maximum Gasteiger partial charge on any atom is 0.326 e. The van der Waals surface area contributed by atoms with E-state index in [4.69, 9.17) is 4.74 Å². The topological polar surface area (TPSA) is 67.4 Å². The summed E-state index contributed by atoms with van der Waals surface area (Å²) in [6.45, 7) is 0. The van der Waals surface area contributed by atoms with Crippen LogP contribution in [0, 0.1) is 11.6 Å². The van der Waals surface area contributed by atoms with Gasteiger partial charge in [-0.15, -0.1) is 0 Å². The second-order valence-corrected chi connectivity index (χ2v) is 5.79. The van der Waals surface area contributed by atoms with E-state index in [0.717, 1.165) is 29.3 Å². The number of hydrogen-bond donors (Lipinski definition) is 2. The molecule has 0 fully saturated rings. The lowest BCUT2D eigenvalue weighted by molar-refractivity contribution is 0.0959. The molecule has 3 aromatic carbocycles. The van der Waals surface area contributed by atoms with Crippen molar-refractivity contribution in [3.05, 3.63) is 83.9 Å². The maximum atomic E-state index is 13.6. The van der Waals surface area contributed by atoms with Crippen LogP contribution in [0.15, 0.2) is 66.7 Å². The zero-order valence-electron chi connectivity index (χ0n) is 14.8. The molecule has 3 aromatic rings. The molecule has 0 saturated heterocycles. The number of nitrogens with one attached hydrogen (secondary N) is 2. The molecule has 5 nitrogen and oxygen atoms in total. The van der Waals surface area contributed by atoms with Crippen LogP contribution in [0.2, 0.25) is 0 Å². The number of carbonyl (C=O) groups excluding carboxylic acids is 2. The Bertz CT molecular complexity index is 1000. The summed E-state index contributed by atoms with van der Waals surface area (Å²) >= 11 is 0. The van der Waals surface area contributed by atoms with Gasteiger partial charge in [0, 0.05) is 17.3 Å². The van der Waals surface area contributed by atoms with Gasteiger partial charge in [-0.2, -0.15) is 0 Å². The van der Waals surface area contributed by atoms with Gasteiger partial charge < -0.3 is 10.1 Å². The number of imide groups is 1. The highest BCUT2D eigenvalue weighted by Gasteiger charge is 2.19. The molecule has 0 spiro atoms. The summed E-state index contributed by atoms with van der Waals surface area (Å²) in [5.74, 6) is -2.78. The van der Waals surface area contributed by atoms with Crippen molar-refractivity contribution >= 4 is 17.6 Å². The van der Waals surface area contributed by atoms with Crippen molar-refractivity contribution in [3.63, 3.8) is 0 Å². The van der Waals surface area contributed by atoms with Gasteiger partial charge >= 0.3 is 6.03 Å². The largest absolute Gasteiger partial charge is 0.496 e. The number of carbonyl (C=O) groups is 2. The van der Waals surface area contributed by atoms with Crippen LogP contribution in [-0.2, 0) is 0 Å². The number of urea groups is 1. The molecule has 7 heteroatoms. The van der Waals surface area contributed by atoms with Crippen molar-refractivity contribution < 1.29 is 23.1 Å². The standard InChI is InChI=1S/C21H16F2N2O3/c1-28-18-12-14(10-11-15(18)13-6-3-2-4-7-13)24-21(27)25-20(26)19-16(22)8-5-9-17(19)23/h2-12H,1H3,(H2,24,25,26,27). The summed E-state index contributed by atoms with van der Waals surface area (Å²) < 4.78 is 32.6. The van der Waals surface area contributed by atoms with Gasteiger partial charge in [0.2, 0.25) is 0 Å². The molecule has 0 atom stereocenters. The lowest BCUT2D eigenvalue weighted by Gasteiger charge is -2.12. The molecular formula is C21H16F2N2O3. The van der Waals surface area contributed by atoms with Crippen LogP contribution in [0.4, 0.5) is 19.3 Å². The van der Waals surface area contributed by atoms with E-state index >= 15 is 0 Å². The van der Waals surface area contributed by atoms with E-state index in [-0.39, 0.29) is 0 Å². The van der Waals surface area contributed by atoms with Gasteiger partial charge in [-0.25, -0.2) is 13.6 Å². The molecule has 28 heavy (non-hydrogen) atoms. The lowest BCUT2D eigenvalue weighted by Crippen LogP contribution is -2.35. The summed E-state index contributed by atoms with van der Waals surface area (Å²) in [5, 5.41) is 4.34. The SMILES string of the molecule is COc1cc(NC(=O)NC(=O)c2c(F)cccc2F)ccc1-c1ccccc1. The van der Waals surface area contributed by atoms with Crippen LogP contribution in [-0.4, -0.2) is 19.0 Å². The summed E-state index contributed by atoms with van der Waals surface area (Å²) in [4.78, 5) is 24.0. The van der Waals surface area contributed by atoms with Gasteiger partial charge in [0.15, 0.2) is 0 Å². The van der Waals surface area contributed by atoms with Gasteiger partial charge in [-0.1, -0.05) is 36.4 Å². The van der Waals surface area contributed by atoms with Crippen LogP contribution in [0.25, 0.3) is 11.1 Å². The molecule has 0 saturated carbocycles. The van der Waals surface area contributed by atoms with Crippen LogP contribution in [0.3, 0.4) is 0 Å². The van der Waals surface area contributed by atoms with Crippen molar-refractivity contribution in [2.24, 2.45) is 0 Å². The number of amides is 3. The first-order valence-corrected chi connectivity index (χ1v) is 8.29. The summed E-state index contributed by atoms with van der Waals surface area (Å²) in [6.07, 6.45) is 0. The molecule has 0 radical (unpaired) electrons. The van der Waals surface area contributed by atoms with E-state index in [2.05, 4.69) is 5.32 Å². The third-order valence-corrected chi connectivity index (χ3v) is 3.96. The maximum absolute atomic E-state index is 13.6. The van der Waals surface area contributed by atoms with Gasteiger partial charge in [0.05, 0.1) is 7.11 Å². The summed E-state index contributed by atoms with van der Waals surface area (Å²) in [5.41, 5.74) is 1.27. The second kappa shape index (κ2) is 8.30. The molecule has 0 aliphatic carbocycles. The molecule has 0 aliphatic heterocycles. The first-order valence-electron chi connectivity index (χ1n) is 8.29. The molecule has 0 aliphatic rings. The third kappa shape index (κ3) is 4.15. The Hall–Kier alpha value is -3.74. The van der Waals surface area contributed by atoms with Crippen molar-refractivity contribution in [2.45, 2.75) is 0 Å². The van der Waals surface area contributed by atoms with Crippen molar-refractivity contribution in [3.8, 4) is 16.9 Å². The average molecular weight is 382 g/mol. The zero-order chi connectivity index (χ0) is 20.1. The molecule has 0 aromatic heterocycles. The predicted molar refractivity (Wildman–Crippen MR) is 101 cm³/mol. The predicted octanol–water partition coefficient (Wildman–Crippen LogP) is 4.60. The van der Waals surface area contributed by atoms with Gasteiger partial charge in [0.1, 0.15) is 22.9 Å². The minimum absolute atomic E-state index is 0.343. The molecule has 0 bridgehead atoms. The Morgan fingerprint density at radius 1 is 0.893 bits per heavy atom. The number of benzene rings is 3. The average Bonchev–Trinajstić information content (AvgIpc) is 2.68. The zero-order valence-corrected chi connectivity index (χ0v) is 14.8. The Labute approximate surface area is 160 Å². The van der Waals surface area contributed by atoms with Gasteiger partial charge in [-0.05, 0) is 29.8 Å². The van der Waals surface area contributed by atoms with E-state index in [0.29, 0.717) is 11.4 Å². The van der Waals surface area contributed by atoms with Crippen LogP contribution < -0.4 is 15.4 Å².